The van der Waals surface area contributed by atoms with Crippen LogP contribution in [-0.2, 0) is 11.8 Å². The summed E-state index contributed by atoms with van der Waals surface area (Å²) in [5, 5.41) is 0. The lowest BCUT2D eigenvalue weighted by molar-refractivity contribution is 0.321. The highest BCUT2D eigenvalue weighted by Crippen LogP contribution is 2.34. The van der Waals surface area contributed by atoms with Crippen molar-refractivity contribution in [2.45, 2.75) is 52.4 Å². The van der Waals surface area contributed by atoms with E-state index in [1.54, 1.807) is 0 Å². The van der Waals surface area contributed by atoms with E-state index in [2.05, 4.69) is 50.2 Å². The predicted molar refractivity (Wildman–Crippen MR) is 128 cm³/mol. The molecule has 0 spiro atoms. The molecule has 3 rings (SSSR count). The molecule has 0 aliphatic carbocycles. The molecule has 31 heavy (non-hydrogen) atoms. The number of aryl methyl sites for hydroxylation is 1. The predicted octanol–water partition coefficient (Wildman–Crippen LogP) is 7.58. The molecule has 0 saturated heterocycles. The number of hydrogen-bond acceptors (Lipinski definition) is 3. The third-order valence-corrected chi connectivity index (χ3v) is 5.49. The molecule has 0 radical (unpaired) electrons. The van der Waals surface area contributed by atoms with Gasteiger partial charge < -0.3 is 14.2 Å². The molecule has 3 aromatic rings. The summed E-state index contributed by atoms with van der Waals surface area (Å²) in [6.07, 6.45) is 3.19. The van der Waals surface area contributed by atoms with Gasteiger partial charge in [-0.3, -0.25) is 0 Å². The summed E-state index contributed by atoms with van der Waals surface area (Å²) in [5.74, 6) is 3.31. The van der Waals surface area contributed by atoms with Gasteiger partial charge in [-0.05, 0) is 86.1 Å². The minimum Gasteiger partial charge on any atom is -0.494 e. The van der Waals surface area contributed by atoms with Gasteiger partial charge in [0.25, 0.3) is 0 Å². The average Bonchev–Trinajstić information content (AvgIpc) is 2.77. The van der Waals surface area contributed by atoms with Crippen LogP contribution in [0.4, 0.5) is 0 Å². The standard InChI is InChI=1S/C28H34O3/c1-5-29-24-17-15-23(16-18-24)28(3,4)20-10-11-22-14-19-26(30-6-2)27(21-22)31-25-12-8-7-9-13-25/h7-9,12-19,21H,5-6,10-11,20H2,1-4H3. The Hall–Kier alpha value is -2.94. The van der Waals surface area contributed by atoms with Crippen molar-refractivity contribution in [3.05, 3.63) is 83.9 Å². The molecule has 0 fully saturated rings. The summed E-state index contributed by atoms with van der Waals surface area (Å²) in [7, 11) is 0. The van der Waals surface area contributed by atoms with Crippen molar-refractivity contribution in [3.8, 4) is 23.0 Å². The Morgan fingerprint density at radius 2 is 1.42 bits per heavy atom. The van der Waals surface area contributed by atoms with Crippen LogP contribution in [0.5, 0.6) is 23.0 Å². The Kier molecular flexibility index (Phi) is 8.00. The number of hydrogen-bond donors (Lipinski definition) is 0. The van der Waals surface area contributed by atoms with Crippen LogP contribution in [0.2, 0.25) is 0 Å². The Balaban J connectivity index is 1.64. The highest BCUT2D eigenvalue weighted by molar-refractivity contribution is 5.45. The van der Waals surface area contributed by atoms with Gasteiger partial charge in [-0.1, -0.05) is 50.2 Å². The minimum atomic E-state index is 0.110. The molecule has 0 saturated carbocycles. The van der Waals surface area contributed by atoms with E-state index in [0.29, 0.717) is 13.2 Å². The fourth-order valence-electron chi connectivity index (χ4n) is 3.73. The second kappa shape index (κ2) is 10.9. The van der Waals surface area contributed by atoms with E-state index in [1.807, 2.05) is 50.2 Å². The second-order valence-corrected chi connectivity index (χ2v) is 8.32. The van der Waals surface area contributed by atoms with Crippen molar-refractivity contribution in [2.24, 2.45) is 0 Å². The van der Waals surface area contributed by atoms with Crippen LogP contribution in [0.15, 0.2) is 72.8 Å². The zero-order valence-electron chi connectivity index (χ0n) is 19.2. The number of ether oxygens (including phenoxy) is 3. The molecular formula is C28H34O3. The van der Waals surface area contributed by atoms with Crippen LogP contribution in [0.1, 0.15) is 51.7 Å². The summed E-state index contributed by atoms with van der Waals surface area (Å²) in [6, 6.07) is 24.7. The fourth-order valence-corrected chi connectivity index (χ4v) is 3.73. The number of rotatable bonds is 11. The van der Waals surface area contributed by atoms with Gasteiger partial charge in [-0.25, -0.2) is 0 Å². The summed E-state index contributed by atoms with van der Waals surface area (Å²) < 4.78 is 17.5. The van der Waals surface area contributed by atoms with Crippen molar-refractivity contribution >= 4 is 0 Å². The normalized spacial score (nSPS) is 11.2. The van der Waals surface area contributed by atoms with Crippen LogP contribution >= 0.6 is 0 Å². The molecular weight excluding hydrogens is 384 g/mol. The van der Waals surface area contributed by atoms with Gasteiger partial charge >= 0.3 is 0 Å². The maximum absolute atomic E-state index is 6.11. The SMILES string of the molecule is CCOc1ccc(C(C)(C)CCCc2ccc(OCC)c(Oc3ccccc3)c2)cc1. The fraction of sp³-hybridized carbons (Fsp3) is 0.357. The average molecular weight is 419 g/mol. The van der Waals surface area contributed by atoms with Crippen LogP contribution in [-0.4, -0.2) is 13.2 Å². The molecule has 0 bridgehead atoms. The molecule has 0 atom stereocenters. The number of benzene rings is 3. The van der Waals surface area contributed by atoms with Crippen molar-refractivity contribution in [1.82, 2.24) is 0 Å². The Morgan fingerprint density at radius 3 is 2.10 bits per heavy atom. The van der Waals surface area contributed by atoms with E-state index in [9.17, 15) is 0 Å². The van der Waals surface area contributed by atoms with Crippen molar-refractivity contribution < 1.29 is 14.2 Å². The maximum atomic E-state index is 6.11. The van der Waals surface area contributed by atoms with Gasteiger partial charge in [-0.2, -0.15) is 0 Å². The lowest BCUT2D eigenvalue weighted by Crippen LogP contribution is -2.17. The first-order valence-corrected chi connectivity index (χ1v) is 11.2. The molecule has 0 aromatic heterocycles. The zero-order valence-corrected chi connectivity index (χ0v) is 19.2. The van der Waals surface area contributed by atoms with E-state index in [1.165, 1.54) is 11.1 Å². The molecule has 3 aromatic carbocycles. The molecule has 3 heteroatoms. The van der Waals surface area contributed by atoms with Gasteiger partial charge in [0.15, 0.2) is 11.5 Å². The smallest absolute Gasteiger partial charge is 0.169 e. The van der Waals surface area contributed by atoms with Gasteiger partial charge in [-0.15, -0.1) is 0 Å². The lowest BCUT2D eigenvalue weighted by Gasteiger charge is -2.25. The summed E-state index contributed by atoms with van der Waals surface area (Å²) in [5.41, 5.74) is 2.71. The largest absolute Gasteiger partial charge is 0.494 e. The Morgan fingerprint density at radius 1 is 0.710 bits per heavy atom. The molecule has 0 aliphatic rings. The molecule has 3 nitrogen and oxygen atoms in total. The quantitative estimate of drug-likeness (QED) is 0.321. The van der Waals surface area contributed by atoms with Crippen LogP contribution < -0.4 is 14.2 Å². The van der Waals surface area contributed by atoms with Gasteiger partial charge in [0.1, 0.15) is 11.5 Å². The molecule has 0 heterocycles. The van der Waals surface area contributed by atoms with Crippen LogP contribution in [0.3, 0.4) is 0 Å². The third kappa shape index (κ3) is 6.52. The van der Waals surface area contributed by atoms with Crippen molar-refractivity contribution in [1.29, 1.82) is 0 Å². The maximum Gasteiger partial charge on any atom is 0.169 e. The monoisotopic (exact) mass is 418 g/mol. The van der Waals surface area contributed by atoms with Crippen molar-refractivity contribution in [2.75, 3.05) is 13.2 Å². The van der Waals surface area contributed by atoms with E-state index < -0.39 is 0 Å². The molecule has 0 N–H and O–H groups in total. The Bertz CT molecular complexity index is 930. The second-order valence-electron chi connectivity index (χ2n) is 8.32. The number of para-hydroxylation sites is 1. The third-order valence-electron chi connectivity index (χ3n) is 5.49. The zero-order chi connectivity index (χ0) is 22.1. The topological polar surface area (TPSA) is 27.7 Å². The summed E-state index contributed by atoms with van der Waals surface area (Å²) >= 11 is 0. The molecule has 0 unspecified atom stereocenters. The van der Waals surface area contributed by atoms with E-state index in [4.69, 9.17) is 14.2 Å². The minimum absolute atomic E-state index is 0.110. The molecule has 0 aliphatic heterocycles. The lowest BCUT2D eigenvalue weighted by atomic mass is 9.80. The molecule has 164 valence electrons. The molecule has 0 amide bonds. The van der Waals surface area contributed by atoms with E-state index in [0.717, 1.165) is 42.3 Å². The Labute approximate surface area is 187 Å². The summed E-state index contributed by atoms with van der Waals surface area (Å²) in [6.45, 7) is 9.93. The highest BCUT2D eigenvalue weighted by atomic mass is 16.5. The highest BCUT2D eigenvalue weighted by Gasteiger charge is 2.20. The van der Waals surface area contributed by atoms with Gasteiger partial charge in [0.05, 0.1) is 13.2 Å². The van der Waals surface area contributed by atoms with Gasteiger partial charge in [0, 0.05) is 0 Å². The first kappa shape index (κ1) is 22.7. The summed E-state index contributed by atoms with van der Waals surface area (Å²) in [4.78, 5) is 0. The van der Waals surface area contributed by atoms with E-state index in [-0.39, 0.29) is 5.41 Å². The van der Waals surface area contributed by atoms with E-state index >= 15 is 0 Å². The van der Waals surface area contributed by atoms with Crippen LogP contribution in [0.25, 0.3) is 0 Å². The van der Waals surface area contributed by atoms with Crippen molar-refractivity contribution in [3.63, 3.8) is 0 Å². The first-order chi connectivity index (χ1) is 15.0. The first-order valence-electron chi connectivity index (χ1n) is 11.2. The van der Waals surface area contributed by atoms with Gasteiger partial charge in [0.2, 0.25) is 0 Å². The van der Waals surface area contributed by atoms with Crippen LogP contribution in [0, 0.1) is 0 Å².